The van der Waals surface area contributed by atoms with Crippen LogP contribution in [0.3, 0.4) is 0 Å². The standard InChI is InChI=1S/C14H9ClN6/c15-10-2-1-3-11-13(10)14-18-8-19-20(14)7-9-6-17-12(4-5-16)21(9)11/h1-3,6,8H,4,7H2. The van der Waals surface area contributed by atoms with E-state index >= 15 is 0 Å². The summed E-state index contributed by atoms with van der Waals surface area (Å²) in [7, 11) is 0. The summed E-state index contributed by atoms with van der Waals surface area (Å²) in [5.74, 6) is 1.42. The van der Waals surface area contributed by atoms with Gasteiger partial charge in [-0.25, -0.2) is 14.6 Å². The van der Waals surface area contributed by atoms with Crippen LogP contribution in [-0.2, 0) is 13.0 Å². The lowest BCUT2D eigenvalue weighted by atomic mass is 10.1. The van der Waals surface area contributed by atoms with Crippen molar-refractivity contribution in [3.8, 4) is 23.1 Å². The molecule has 0 saturated heterocycles. The first-order valence-corrected chi connectivity index (χ1v) is 6.77. The molecule has 0 saturated carbocycles. The number of halogens is 1. The predicted octanol–water partition coefficient (Wildman–Crippen LogP) is 2.21. The Morgan fingerprint density at radius 2 is 2.24 bits per heavy atom. The highest BCUT2D eigenvalue weighted by Crippen LogP contribution is 2.36. The highest BCUT2D eigenvalue weighted by molar-refractivity contribution is 6.33. The van der Waals surface area contributed by atoms with Gasteiger partial charge in [0.15, 0.2) is 5.82 Å². The molecule has 7 heteroatoms. The number of nitriles is 1. The van der Waals surface area contributed by atoms with Crippen LogP contribution in [0.5, 0.6) is 0 Å². The average molecular weight is 297 g/mol. The molecule has 3 aromatic rings. The molecule has 0 radical (unpaired) electrons. The molecule has 102 valence electrons. The number of imidazole rings is 1. The van der Waals surface area contributed by atoms with E-state index in [9.17, 15) is 0 Å². The largest absolute Gasteiger partial charge is 0.297 e. The minimum absolute atomic E-state index is 0.238. The molecule has 2 aromatic heterocycles. The molecule has 0 fully saturated rings. The first-order chi connectivity index (χ1) is 10.3. The van der Waals surface area contributed by atoms with E-state index in [1.165, 1.54) is 6.33 Å². The van der Waals surface area contributed by atoms with E-state index in [0.717, 1.165) is 22.8 Å². The Hall–Kier alpha value is -2.65. The number of benzene rings is 1. The Bertz CT molecular complexity index is 885. The monoisotopic (exact) mass is 296 g/mol. The number of rotatable bonds is 1. The molecule has 0 aliphatic carbocycles. The molecule has 0 spiro atoms. The van der Waals surface area contributed by atoms with Gasteiger partial charge in [0.2, 0.25) is 0 Å². The van der Waals surface area contributed by atoms with Crippen LogP contribution < -0.4 is 0 Å². The molecule has 4 rings (SSSR count). The molecule has 0 amide bonds. The number of nitrogens with zero attached hydrogens (tertiary/aromatic N) is 6. The van der Waals surface area contributed by atoms with Crippen molar-refractivity contribution >= 4 is 11.6 Å². The van der Waals surface area contributed by atoms with Crippen LogP contribution in [0.2, 0.25) is 5.02 Å². The normalized spacial score (nSPS) is 12.0. The van der Waals surface area contributed by atoms with E-state index in [2.05, 4.69) is 21.1 Å². The lowest BCUT2D eigenvalue weighted by Crippen LogP contribution is -2.06. The van der Waals surface area contributed by atoms with Crippen LogP contribution in [0.25, 0.3) is 17.1 Å². The first-order valence-electron chi connectivity index (χ1n) is 6.39. The van der Waals surface area contributed by atoms with Gasteiger partial charge in [-0.15, -0.1) is 0 Å². The summed E-state index contributed by atoms with van der Waals surface area (Å²) in [4.78, 5) is 8.68. The molecule has 3 heterocycles. The Kier molecular flexibility index (Phi) is 2.56. The second-order valence-corrected chi connectivity index (χ2v) is 5.12. The Labute approximate surface area is 125 Å². The zero-order valence-electron chi connectivity index (χ0n) is 10.9. The van der Waals surface area contributed by atoms with Crippen molar-refractivity contribution in [3.63, 3.8) is 0 Å². The molecule has 0 N–H and O–H groups in total. The van der Waals surface area contributed by atoms with Crippen molar-refractivity contribution < 1.29 is 0 Å². The van der Waals surface area contributed by atoms with Gasteiger partial charge in [-0.3, -0.25) is 4.57 Å². The minimum Gasteiger partial charge on any atom is -0.297 e. The van der Waals surface area contributed by atoms with Crippen molar-refractivity contribution in [2.45, 2.75) is 13.0 Å². The van der Waals surface area contributed by atoms with Crippen molar-refractivity contribution in [2.24, 2.45) is 0 Å². The fourth-order valence-corrected chi connectivity index (χ4v) is 2.93. The number of hydrogen-bond acceptors (Lipinski definition) is 4. The number of hydrogen-bond donors (Lipinski definition) is 0. The van der Waals surface area contributed by atoms with E-state index in [1.54, 1.807) is 10.9 Å². The van der Waals surface area contributed by atoms with Gasteiger partial charge in [0.1, 0.15) is 12.2 Å². The van der Waals surface area contributed by atoms with Gasteiger partial charge < -0.3 is 0 Å². The van der Waals surface area contributed by atoms with Crippen molar-refractivity contribution in [3.05, 3.63) is 47.3 Å². The summed E-state index contributed by atoms with van der Waals surface area (Å²) in [5.41, 5.74) is 2.65. The van der Waals surface area contributed by atoms with Crippen molar-refractivity contribution in [2.75, 3.05) is 0 Å². The highest BCUT2D eigenvalue weighted by atomic mass is 35.5. The summed E-state index contributed by atoms with van der Waals surface area (Å²) in [5, 5.41) is 13.8. The van der Waals surface area contributed by atoms with Crippen LogP contribution in [-0.4, -0.2) is 24.3 Å². The van der Waals surface area contributed by atoms with E-state index in [0.29, 0.717) is 17.4 Å². The zero-order valence-corrected chi connectivity index (χ0v) is 11.6. The summed E-state index contributed by atoms with van der Waals surface area (Å²) >= 11 is 6.38. The molecule has 1 aliphatic rings. The summed E-state index contributed by atoms with van der Waals surface area (Å²) in [6.45, 7) is 0.540. The third-order valence-corrected chi connectivity index (χ3v) is 3.84. The first kappa shape index (κ1) is 12.1. The van der Waals surface area contributed by atoms with E-state index in [4.69, 9.17) is 16.9 Å². The molecule has 0 unspecified atom stereocenters. The fourth-order valence-electron chi connectivity index (χ4n) is 2.68. The topological polar surface area (TPSA) is 72.3 Å². The molecular formula is C14H9ClN6. The van der Waals surface area contributed by atoms with Crippen LogP contribution in [0.1, 0.15) is 11.5 Å². The van der Waals surface area contributed by atoms with Crippen LogP contribution in [0.15, 0.2) is 30.7 Å². The highest BCUT2D eigenvalue weighted by Gasteiger charge is 2.24. The van der Waals surface area contributed by atoms with Gasteiger partial charge >= 0.3 is 0 Å². The maximum Gasteiger partial charge on any atom is 0.162 e. The summed E-state index contributed by atoms with van der Waals surface area (Å²) in [6.07, 6.45) is 3.53. The predicted molar refractivity (Wildman–Crippen MR) is 76.0 cm³/mol. The number of aromatic nitrogens is 5. The second kappa shape index (κ2) is 4.43. The van der Waals surface area contributed by atoms with E-state index in [1.807, 2.05) is 22.8 Å². The molecule has 0 atom stereocenters. The smallest absolute Gasteiger partial charge is 0.162 e. The summed E-state index contributed by atoms with van der Waals surface area (Å²) < 4.78 is 3.77. The fraction of sp³-hybridized carbons (Fsp3) is 0.143. The van der Waals surface area contributed by atoms with Gasteiger partial charge in [-0.2, -0.15) is 10.4 Å². The molecule has 6 nitrogen and oxygen atoms in total. The maximum absolute atomic E-state index is 8.99. The third kappa shape index (κ3) is 1.68. The Morgan fingerprint density at radius 3 is 3.10 bits per heavy atom. The van der Waals surface area contributed by atoms with Gasteiger partial charge in [-0.1, -0.05) is 17.7 Å². The lowest BCUT2D eigenvalue weighted by molar-refractivity contribution is 0.674. The van der Waals surface area contributed by atoms with Crippen molar-refractivity contribution in [1.29, 1.82) is 5.26 Å². The van der Waals surface area contributed by atoms with Crippen LogP contribution >= 0.6 is 11.6 Å². The SMILES string of the molecule is N#CCc1ncc2n1-c1cccc(Cl)c1-c1ncnn1C2. The number of fused-ring (bicyclic) bond motifs is 5. The Morgan fingerprint density at radius 1 is 1.33 bits per heavy atom. The molecule has 1 aliphatic heterocycles. The van der Waals surface area contributed by atoms with Crippen LogP contribution in [0, 0.1) is 11.3 Å². The second-order valence-electron chi connectivity index (χ2n) is 4.71. The van der Waals surface area contributed by atoms with Crippen molar-refractivity contribution in [1.82, 2.24) is 24.3 Å². The molecular weight excluding hydrogens is 288 g/mol. The van der Waals surface area contributed by atoms with Gasteiger partial charge in [0.25, 0.3) is 0 Å². The molecule has 1 aromatic carbocycles. The average Bonchev–Trinajstić information content (AvgIpc) is 3.05. The third-order valence-electron chi connectivity index (χ3n) is 3.53. The van der Waals surface area contributed by atoms with Crippen LogP contribution in [0.4, 0.5) is 0 Å². The van der Waals surface area contributed by atoms with Gasteiger partial charge in [0.05, 0.1) is 47.2 Å². The summed E-state index contributed by atoms with van der Waals surface area (Å²) in [6, 6.07) is 7.81. The minimum atomic E-state index is 0.238. The lowest BCUT2D eigenvalue weighted by Gasteiger charge is -2.12. The molecule has 0 bridgehead atoms. The van der Waals surface area contributed by atoms with Gasteiger partial charge in [-0.05, 0) is 12.1 Å². The van der Waals surface area contributed by atoms with E-state index < -0.39 is 0 Å². The quantitative estimate of drug-likeness (QED) is 0.540. The maximum atomic E-state index is 8.99. The zero-order chi connectivity index (χ0) is 14.4. The molecule has 21 heavy (non-hydrogen) atoms. The van der Waals surface area contributed by atoms with Gasteiger partial charge in [0, 0.05) is 0 Å². The van der Waals surface area contributed by atoms with E-state index in [-0.39, 0.29) is 6.42 Å². The Balaban J connectivity index is 2.10.